The van der Waals surface area contributed by atoms with Gasteiger partial charge < -0.3 is 10.1 Å². The largest absolute Gasteiger partial charge is 0.444 e. The summed E-state index contributed by atoms with van der Waals surface area (Å²) in [5.74, 6) is -0.186. The highest BCUT2D eigenvalue weighted by atomic mass is 16.6. The molecule has 0 heterocycles. The van der Waals surface area contributed by atoms with Crippen LogP contribution in [0.5, 0.6) is 0 Å². The molecule has 1 aromatic carbocycles. The van der Waals surface area contributed by atoms with Crippen LogP contribution in [0.2, 0.25) is 0 Å². The van der Waals surface area contributed by atoms with Gasteiger partial charge in [-0.15, -0.1) is 0 Å². The zero-order valence-corrected chi connectivity index (χ0v) is 12.6. The van der Waals surface area contributed by atoms with Crippen LogP contribution in [0.4, 0.5) is 4.79 Å². The summed E-state index contributed by atoms with van der Waals surface area (Å²) in [7, 11) is 0. The predicted molar refractivity (Wildman–Crippen MR) is 78.8 cm³/mol. The highest BCUT2D eigenvalue weighted by molar-refractivity contribution is 5.98. The molecule has 0 radical (unpaired) electrons. The van der Waals surface area contributed by atoms with E-state index >= 15 is 0 Å². The van der Waals surface area contributed by atoms with Crippen LogP contribution in [0.15, 0.2) is 30.3 Å². The number of nitrogens with one attached hydrogen (secondary N) is 1. The van der Waals surface area contributed by atoms with Crippen LogP contribution >= 0.6 is 0 Å². The lowest BCUT2D eigenvalue weighted by atomic mass is 9.95. The summed E-state index contributed by atoms with van der Waals surface area (Å²) in [5, 5.41) is 2.66. The van der Waals surface area contributed by atoms with Gasteiger partial charge in [-0.1, -0.05) is 37.3 Å². The summed E-state index contributed by atoms with van der Waals surface area (Å²) in [6, 6.07) is 9.12. The van der Waals surface area contributed by atoms with E-state index in [9.17, 15) is 9.59 Å². The molecule has 1 amide bonds. The monoisotopic (exact) mass is 277 g/mol. The molecule has 20 heavy (non-hydrogen) atoms. The van der Waals surface area contributed by atoms with Crippen molar-refractivity contribution in [1.29, 1.82) is 0 Å². The lowest BCUT2D eigenvalue weighted by molar-refractivity contribution is 0.0518. The van der Waals surface area contributed by atoms with Gasteiger partial charge in [0, 0.05) is 18.0 Å². The highest BCUT2D eigenvalue weighted by Gasteiger charge is 2.21. The summed E-state index contributed by atoms with van der Waals surface area (Å²) in [6.07, 6.45) is 0.181. The average Bonchev–Trinajstić information content (AvgIpc) is 2.38. The summed E-state index contributed by atoms with van der Waals surface area (Å²) in [5.41, 5.74) is 0.139. The minimum atomic E-state index is -0.533. The molecule has 110 valence electrons. The Bertz CT molecular complexity index is 449. The van der Waals surface area contributed by atoms with Crippen molar-refractivity contribution in [2.45, 2.75) is 39.7 Å². The van der Waals surface area contributed by atoms with Crippen LogP contribution < -0.4 is 5.32 Å². The first-order chi connectivity index (χ1) is 9.33. The highest BCUT2D eigenvalue weighted by Crippen LogP contribution is 2.12. The van der Waals surface area contributed by atoms with Crippen molar-refractivity contribution in [2.75, 3.05) is 6.54 Å². The first-order valence-electron chi connectivity index (χ1n) is 6.89. The number of alkyl carbamates (subject to hydrolysis) is 1. The van der Waals surface area contributed by atoms with Gasteiger partial charge in [-0.2, -0.15) is 0 Å². The van der Waals surface area contributed by atoms with Crippen molar-refractivity contribution in [3.63, 3.8) is 0 Å². The zero-order valence-electron chi connectivity index (χ0n) is 12.6. The minimum absolute atomic E-state index is 0.0455. The molecule has 0 fully saturated rings. The molecular weight excluding hydrogens is 254 g/mol. The van der Waals surface area contributed by atoms with Gasteiger partial charge in [-0.05, 0) is 27.2 Å². The maximum Gasteiger partial charge on any atom is 0.407 e. The van der Waals surface area contributed by atoms with Crippen LogP contribution in [0.3, 0.4) is 0 Å². The van der Waals surface area contributed by atoms with E-state index in [0.29, 0.717) is 18.5 Å². The molecule has 1 aromatic rings. The average molecular weight is 277 g/mol. The Hall–Kier alpha value is -1.84. The number of ketones is 1. The number of Topliss-reactive ketones (excluding diaryl/α,β-unsaturated/α-hetero) is 1. The lowest BCUT2D eigenvalue weighted by Gasteiger charge is -2.21. The standard InChI is InChI=1S/C16H23NO3/c1-5-12(11-17-15(19)20-16(2,3)4)14(18)13-9-7-6-8-10-13/h6-10,12H,5,11H2,1-4H3,(H,17,19)/t12-/m1/s1. The predicted octanol–water partition coefficient (Wildman–Crippen LogP) is 3.42. The Balaban J connectivity index is 2.56. The quantitative estimate of drug-likeness (QED) is 0.839. The third kappa shape index (κ3) is 5.43. The Morgan fingerprint density at radius 2 is 1.80 bits per heavy atom. The number of benzene rings is 1. The molecule has 1 rings (SSSR count). The Kier molecular flexibility index (Phi) is 5.74. The fourth-order valence-electron chi connectivity index (χ4n) is 1.78. The smallest absolute Gasteiger partial charge is 0.407 e. The topological polar surface area (TPSA) is 55.4 Å². The fourth-order valence-corrected chi connectivity index (χ4v) is 1.78. The van der Waals surface area contributed by atoms with Gasteiger partial charge >= 0.3 is 6.09 Å². The third-order valence-electron chi connectivity index (χ3n) is 2.81. The van der Waals surface area contributed by atoms with Crippen LogP contribution in [0.25, 0.3) is 0 Å². The van der Waals surface area contributed by atoms with E-state index < -0.39 is 11.7 Å². The van der Waals surface area contributed by atoms with E-state index in [0.717, 1.165) is 0 Å². The molecule has 0 aromatic heterocycles. The molecule has 4 nitrogen and oxygen atoms in total. The fraction of sp³-hybridized carbons (Fsp3) is 0.500. The van der Waals surface area contributed by atoms with Crippen molar-refractivity contribution in [2.24, 2.45) is 5.92 Å². The first-order valence-corrected chi connectivity index (χ1v) is 6.89. The molecule has 1 N–H and O–H groups in total. The van der Waals surface area contributed by atoms with E-state index in [1.165, 1.54) is 0 Å². The van der Waals surface area contributed by atoms with Gasteiger partial charge in [0.2, 0.25) is 0 Å². The lowest BCUT2D eigenvalue weighted by Crippen LogP contribution is -2.37. The maximum atomic E-state index is 12.3. The number of hydrogen-bond acceptors (Lipinski definition) is 3. The normalized spacial score (nSPS) is 12.6. The summed E-state index contributed by atoms with van der Waals surface area (Å²) in [4.78, 5) is 23.9. The Labute approximate surface area is 120 Å². The molecule has 4 heteroatoms. The number of ether oxygens (including phenoxy) is 1. The summed E-state index contributed by atoms with van der Waals surface area (Å²) in [6.45, 7) is 7.64. The summed E-state index contributed by atoms with van der Waals surface area (Å²) >= 11 is 0. The van der Waals surface area contributed by atoms with Gasteiger partial charge in [0.15, 0.2) is 5.78 Å². The van der Waals surface area contributed by atoms with Crippen molar-refractivity contribution >= 4 is 11.9 Å². The van der Waals surface area contributed by atoms with Gasteiger partial charge in [0.25, 0.3) is 0 Å². The summed E-state index contributed by atoms with van der Waals surface area (Å²) < 4.78 is 5.16. The number of rotatable bonds is 5. The number of carbonyl (C=O) groups excluding carboxylic acids is 2. The molecule has 0 spiro atoms. The Morgan fingerprint density at radius 3 is 2.30 bits per heavy atom. The van der Waals surface area contributed by atoms with E-state index in [1.54, 1.807) is 32.9 Å². The van der Waals surface area contributed by atoms with Crippen molar-refractivity contribution in [1.82, 2.24) is 5.32 Å². The van der Waals surface area contributed by atoms with E-state index in [-0.39, 0.29) is 11.7 Å². The van der Waals surface area contributed by atoms with Gasteiger partial charge in [-0.3, -0.25) is 4.79 Å². The molecular formula is C16H23NO3. The number of hydrogen-bond donors (Lipinski definition) is 1. The van der Waals surface area contributed by atoms with E-state index in [2.05, 4.69) is 5.32 Å². The van der Waals surface area contributed by atoms with Crippen molar-refractivity contribution in [3.8, 4) is 0 Å². The zero-order chi connectivity index (χ0) is 15.2. The van der Waals surface area contributed by atoms with Crippen molar-refractivity contribution in [3.05, 3.63) is 35.9 Å². The Morgan fingerprint density at radius 1 is 1.20 bits per heavy atom. The van der Waals surface area contributed by atoms with Crippen LogP contribution in [-0.2, 0) is 4.74 Å². The molecule has 0 aliphatic rings. The van der Waals surface area contributed by atoms with Gasteiger partial charge in [-0.25, -0.2) is 4.79 Å². The molecule has 0 aliphatic heterocycles. The van der Waals surface area contributed by atoms with E-state index in [4.69, 9.17) is 4.74 Å². The van der Waals surface area contributed by atoms with Crippen LogP contribution in [0.1, 0.15) is 44.5 Å². The van der Waals surface area contributed by atoms with Crippen LogP contribution in [-0.4, -0.2) is 24.0 Å². The van der Waals surface area contributed by atoms with Gasteiger partial charge in [0.1, 0.15) is 5.60 Å². The molecule has 0 bridgehead atoms. The second kappa shape index (κ2) is 7.08. The molecule has 1 atom stereocenters. The molecule has 0 saturated carbocycles. The third-order valence-corrected chi connectivity index (χ3v) is 2.81. The molecule has 0 unspecified atom stereocenters. The first kappa shape index (κ1) is 16.2. The number of amides is 1. The molecule has 0 aliphatic carbocycles. The minimum Gasteiger partial charge on any atom is -0.444 e. The second-order valence-corrected chi connectivity index (χ2v) is 5.72. The maximum absolute atomic E-state index is 12.3. The number of carbonyl (C=O) groups is 2. The van der Waals surface area contributed by atoms with Crippen molar-refractivity contribution < 1.29 is 14.3 Å². The molecule has 0 saturated heterocycles. The second-order valence-electron chi connectivity index (χ2n) is 5.72. The SMILES string of the molecule is CC[C@H](CNC(=O)OC(C)(C)C)C(=O)c1ccccc1. The van der Waals surface area contributed by atoms with Crippen LogP contribution in [0, 0.1) is 5.92 Å². The van der Waals surface area contributed by atoms with E-state index in [1.807, 2.05) is 25.1 Å². The van der Waals surface area contributed by atoms with Gasteiger partial charge in [0.05, 0.1) is 0 Å².